The molecule has 7 nitrogen and oxygen atoms in total. The summed E-state index contributed by atoms with van der Waals surface area (Å²) in [6.45, 7) is 4.02. The summed E-state index contributed by atoms with van der Waals surface area (Å²) in [6.07, 6.45) is 0. The van der Waals surface area contributed by atoms with Gasteiger partial charge in [-0.2, -0.15) is 0 Å². The second kappa shape index (κ2) is 9.65. The minimum atomic E-state index is -0.695. The Kier molecular flexibility index (Phi) is 6.75. The SMILES string of the molecule is CC(C)CNC(=O)c1ccccc1NC(=O)COC(=O)c1ccc2ccccc2n1. The molecule has 0 spiro atoms. The first-order valence-electron chi connectivity index (χ1n) is 9.64. The summed E-state index contributed by atoms with van der Waals surface area (Å²) in [5.41, 5.74) is 1.48. The van der Waals surface area contributed by atoms with E-state index < -0.39 is 18.5 Å². The summed E-state index contributed by atoms with van der Waals surface area (Å²) in [5.74, 6) is -1.22. The molecule has 154 valence electrons. The molecule has 0 aliphatic rings. The number of benzene rings is 2. The van der Waals surface area contributed by atoms with Crippen molar-refractivity contribution >= 4 is 34.4 Å². The molecule has 0 bridgehead atoms. The number of nitrogens with one attached hydrogen (secondary N) is 2. The molecule has 0 fully saturated rings. The smallest absolute Gasteiger partial charge is 0.357 e. The first-order chi connectivity index (χ1) is 14.4. The van der Waals surface area contributed by atoms with Gasteiger partial charge in [-0.1, -0.05) is 50.2 Å². The van der Waals surface area contributed by atoms with Gasteiger partial charge in [0.25, 0.3) is 11.8 Å². The molecule has 2 amide bonds. The van der Waals surface area contributed by atoms with Gasteiger partial charge < -0.3 is 15.4 Å². The molecule has 7 heteroatoms. The summed E-state index contributed by atoms with van der Waals surface area (Å²) in [6, 6.07) is 17.4. The number of esters is 1. The van der Waals surface area contributed by atoms with E-state index in [0.29, 0.717) is 29.2 Å². The lowest BCUT2D eigenvalue weighted by molar-refractivity contribution is -0.119. The van der Waals surface area contributed by atoms with Crippen LogP contribution < -0.4 is 10.6 Å². The molecule has 30 heavy (non-hydrogen) atoms. The molecule has 0 radical (unpaired) electrons. The van der Waals surface area contributed by atoms with Crippen molar-refractivity contribution < 1.29 is 19.1 Å². The summed E-state index contributed by atoms with van der Waals surface area (Å²) < 4.78 is 5.08. The third-order valence-corrected chi connectivity index (χ3v) is 4.26. The molecule has 0 unspecified atom stereocenters. The number of nitrogens with zero attached hydrogens (tertiary/aromatic N) is 1. The quantitative estimate of drug-likeness (QED) is 0.587. The van der Waals surface area contributed by atoms with Crippen LogP contribution in [-0.2, 0) is 9.53 Å². The van der Waals surface area contributed by atoms with Crippen molar-refractivity contribution in [2.24, 2.45) is 5.92 Å². The number of carbonyl (C=O) groups excluding carboxylic acids is 3. The topological polar surface area (TPSA) is 97.4 Å². The minimum absolute atomic E-state index is 0.120. The maximum absolute atomic E-state index is 12.4. The van der Waals surface area contributed by atoms with Crippen LogP contribution in [0.25, 0.3) is 10.9 Å². The average Bonchev–Trinajstić information content (AvgIpc) is 2.75. The van der Waals surface area contributed by atoms with Crippen LogP contribution in [0.1, 0.15) is 34.7 Å². The third kappa shape index (κ3) is 5.41. The van der Waals surface area contributed by atoms with Crippen molar-refractivity contribution in [1.29, 1.82) is 0 Å². The fraction of sp³-hybridized carbons (Fsp3) is 0.217. The van der Waals surface area contributed by atoms with Crippen molar-refractivity contribution in [2.45, 2.75) is 13.8 Å². The molecule has 1 heterocycles. The molecule has 0 saturated heterocycles. The molecular weight excluding hydrogens is 382 g/mol. The normalized spacial score (nSPS) is 10.6. The Morgan fingerprint density at radius 2 is 1.70 bits per heavy atom. The lowest BCUT2D eigenvalue weighted by Gasteiger charge is -2.12. The highest BCUT2D eigenvalue weighted by molar-refractivity contribution is 6.04. The Morgan fingerprint density at radius 3 is 2.50 bits per heavy atom. The molecule has 0 atom stereocenters. The molecule has 3 rings (SSSR count). The highest BCUT2D eigenvalue weighted by atomic mass is 16.5. The van der Waals surface area contributed by atoms with E-state index in [4.69, 9.17) is 4.74 Å². The van der Waals surface area contributed by atoms with Gasteiger partial charge >= 0.3 is 5.97 Å². The number of carbonyl (C=O) groups is 3. The number of hydrogen-bond donors (Lipinski definition) is 2. The van der Waals surface area contributed by atoms with Crippen molar-refractivity contribution in [3.8, 4) is 0 Å². The first kappa shape index (κ1) is 21.0. The summed E-state index contributed by atoms with van der Waals surface area (Å²) in [5, 5.41) is 6.33. The lowest BCUT2D eigenvalue weighted by Crippen LogP contribution is -2.29. The van der Waals surface area contributed by atoms with Gasteiger partial charge in [-0.15, -0.1) is 0 Å². The van der Waals surface area contributed by atoms with E-state index in [0.717, 1.165) is 5.39 Å². The molecular formula is C23H23N3O4. The number of amides is 2. The van der Waals surface area contributed by atoms with Crippen LogP contribution >= 0.6 is 0 Å². The van der Waals surface area contributed by atoms with Crippen LogP contribution in [0.2, 0.25) is 0 Å². The molecule has 2 aromatic carbocycles. The predicted molar refractivity (Wildman–Crippen MR) is 114 cm³/mol. The Morgan fingerprint density at radius 1 is 0.967 bits per heavy atom. The van der Waals surface area contributed by atoms with Crippen molar-refractivity contribution in [3.05, 3.63) is 71.9 Å². The monoisotopic (exact) mass is 405 g/mol. The van der Waals surface area contributed by atoms with Crippen LogP contribution in [0.15, 0.2) is 60.7 Å². The summed E-state index contributed by atoms with van der Waals surface area (Å²) in [4.78, 5) is 41.1. The van der Waals surface area contributed by atoms with Crippen molar-refractivity contribution in [2.75, 3.05) is 18.5 Å². The van der Waals surface area contributed by atoms with Crippen LogP contribution in [0.3, 0.4) is 0 Å². The Labute approximate surface area is 174 Å². The maximum Gasteiger partial charge on any atom is 0.357 e. The van der Waals surface area contributed by atoms with Crippen LogP contribution in [0.5, 0.6) is 0 Å². The van der Waals surface area contributed by atoms with Crippen LogP contribution in [-0.4, -0.2) is 35.9 Å². The van der Waals surface area contributed by atoms with E-state index in [9.17, 15) is 14.4 Å². The zero-order valence-electron chi connectivity index (χ0n) is 16.8. The number of hydrogen-bond acceptors (Lipinski definition) is 5. The van der Waals surface area contributed by atoms with Crippen molar-refractivity contribution in [1.82, 2.24) is 10.3 Å². The number of anilines is 1. The zero-order chi connectivity index (χ0) is 21.5. The Bertz CT molecular complexity index is 1080. The van der Waals surface area contributed by atoms with Gasteiger partial charge in [0.1, 0.15) is 5.69 Å². The first-order valence-corrected chi connectivity index (χ1v) is 9.64. The number of pyridine rings is 1. The van der Waals surface area contributed by atoms with Gasteiger partial charge in [0.15, 0.2) is 6.61 Å². The number of rotatable bonds is 7. The number of fused-ring (bicyclic) bond motifs is 1. The van der Waals surface area contributed by atoms with Gasteiger partial charge in [-0.05, 0) is 30.2 Å². The molecule has 0 saturated carbocycles. The fourth-order valence-electron chi connectivity index (χ4n) is 2.75. The van der Waals surface area contributed by atoms with E-state index in [1.807, 2.05) is 32.0 Å². The number of aromatic nitrogens is 1. The minimum Gasteiger partial charge on any atom is -0.451 e. The standard InChI is InChI=1S/C23H23N3O4/c1-15(2)13-24-22(28)17-8-4-6-10-19(17)26-21(27)14-30-23(29)20-12-11-16-7-3-5-9-18(16)25-20/h3-12,15H,13-14H2,1-2H3,(H,24,28)(H,26,27). The largest absolute Gasteiger partial charge is 0.451 e. The van der Waals surface area contributed by atoms with Gasteiger partial charge in [-0.25, -0.2) is 9.78 Å². The molecule has 1 aromatic heterocycles. The van der Waals surface area contributed by atoms with Crippen molar-refractivity contribution in [3.63, 3.8) is 0 Å². The second-order valence-corrected chi connectivity index (χ2v) is 7.16. The molecule has 3 aromatic rings. The van der Waals surface area contributed by atoms with Gasteiger partial charge in [-0.3, -0.25) is 9.59 Å². The van der Waals surface area contributed by atoms with E-state index in [2.05, 4.69) is 15.6 Å². The summed E-state index contributed by atoms with van der Waals surface area (Å²) in [7, 11) is 0. The Hall–Kier alpha value is -3.74. The van der Waals surface area contributed by atoms with E-state index >= 15 is 0 Å². The van der Waals surface area contributed by atoms with Crippen LogP contribution in [0.4, 0.5) is 5.69 Å². The maximum atomic E-state index is 12.4. The van der Waals surface area contributed by atoms with Gasteiger partial charge in [0.2, 0.25) is 0 Å². The van der Waals surface area contributed by atoms with Gasteiger partial charge in [0, 0.05) is 11.9 Å². The van der Waals surface area contributed by atoms with E-state index in [-0.39, 0.29) is 11.6 Å². The lowest BCUT2D eigenvalue weighted by atomic mass is 10.1. The van der Waals surface area contributed by atoms with Crippen LogP contribution in [0, 0.1) is 5.92 Å². The third-order valence-electron chi connectivity index (χ3n) is 4.26. The fourth-order valence-corrected chi connectivity index (χ4v) is 2.75. The highest BCUT2D eigenvalue weighted by Gasteiger charge is 2.16. The van der Waals surface area contributed by atoms with E-state index in [1.54, 1.807) is 42.5 Å². The molecule has 2 N–H and O–H groups in total. The Balaban J connectivity index is 1.60. The number of ether oxygens (including phenoxy) is 1. The highest BCUT2D eigenvalue weighted by Crippen LogP contribution is 2.15. The zero-order valence-corrected chi connectivity index (χ0v) is 16.8. The second-order valence-electron chi connectivity index (χ2n) is 7.16. The van der Waals surface area contributed by atoms with E-state index in [1.165, 1.54) is 0 Å². The number of para-hydroxylation sites is 2. The predicted octanol–water partition coefficient (Wildman–Crippen LogP) is 3.42. The van der Waals surface area contributed by atoms with Gasteiger partial charge in [0.05, 0.1) is 16.8 Å². The molecule has 0 aliphatic carbocycles. The molecule has 0 aliphatic heterocycles. The summed E-state index contributed by atoms with van der Waals surface area (Å²) >= 11 is 0. The average molecular weight is 405 g/mol.